The van der Waals surface area contributed by atoms with E-state index < -0.39 is 11.7 Å². The Labute approximate surface area is 101 Å². The molecule has 1 aromatic carbocycles. The molecule has 0 fully saturated rings. The highest BCUT2D eigenvalue weighted by Gasteiger charge is 2.16. The fourth-order valence-electron chi connectivity index (χ4n) is 1.13. The molecular weight excluding hydrogens is 216 g/mol. The standard InChI is InChI=1S/C13H15N2O2/c1-13(2,3)17-12(16)15-9-11-6-4-10(8-14)5-7-11/h4-7H,9H2,1-3H3. The van der Waals surface area contributed by atoms with Crippen molar-refractivity contribution in [1.82, 2.24) is 5.32 Å². The van der Waals surface area contributed by atoms with Gasteiger partial charge in [-0.2, -0.15) is 5.26 Å². The van der Waals surface area contributed by atoms with Gasteiger partial charge in [-0.15, -0.1) is 0 Å². The van der Waals surface area contributed by atoms with Gasteiger partial charge in [-0.1, -0.05) is 12.1 Å². The SMILES string of the molecule is CC(C)(C)OC(=O)[N]Cc1ccc(C#N)cc1. The van der Waals surface area contributed by atoms with E-state index in [0.717, 1.165) is 5.56 Å². The minimum atomic E-state index is -0.568. The van der Waals surface area contributed by atoms with E-state index in [0.29, 0.717) is 5.56 Å². The Morgan fingerprint density at radius 3 is 2.41 bits per heavy atom. The summed E-state index contributed by atoms with van der Waals surface area (Å²) in [5, 5.41) is 12.4. The van der Waals surface area contributed by atoms with E-state index in [1.807, 2.05) is 6.07 Å². The molecule has 0 atom stereocenters. The third kappa shape index (κ3) is 5.03. The van der Waals surface area contributed by atoms with Crippen molar-refractivity contribution < 1.29 is 9.53 Å². The van der Waals surface area contributed by atoms with Crippen LogP contribution in [0.15, 0.2) is 24.3 Å². The number of amides is 1. The number of benzene rings is 1. The lowest BCUT2D eigenvalue weighted by atomic mass is 10.1. The largest absolute Gasteiger partial charge is 0.442 e. The molecule has 0 spiro atoms. The summed E-state index contributed by atoms with van der Waals surface area (Å²) in [5.74, 6) is 0. The molecule has 4 nitrogen and oxygen atoms in total. The summed E-state index contributed by atoms with van der Waals surface area (Å²) in [6.07, 6.45) is -0.568. The maximum absolute atomic E-state index is 11.3. The zero-order chi connectivity index (χ0) is 12.9. The molecule has 0 aliphatic heterocycles. The summed E-state index contributed by atoms with van der Waals surface area (Å²) < 4.78 is 5.05. The van der Waals surface area contributed by atoms with Crippen LogP contribution < -0.4 is 5.32 Å². The molecule has 0 unspecified atom stereocenters. The predicted molar refractivity (Wildman–Crippen MR) is 63.2 cm³/mol. The number of rotatable bonds is 2. The first kappa shape index (κ1) is 13.0. The predicted octanol–water partition coefficient (Wildman–Crippen LogP) is 2.60. The molecule has 4 heteroatoms. The van der Waals surface area contributed by atoms with Gasteiger partial charge in [0.2, 0.25) is 0 Å². The smallest absolute Gasteiger partial charge is 0.429 e. The van der Waals surface area contributed by atoms with Gasteiger partial charge >= 0.3 is 6.09 Å². The molecule has 0 heterocycles. The van der Waals surface area contributed by atoms with Gasteiger partial charge in [-0.25, -0.2) is 10.1 Å². The Morgan fingerprint density at radius 1 is 1.35 bits per heavy atom. The maximum atomic E-state index is 11.3. The second kappa shape index (κ2) is 5.35. The Morgan fingerprint density at radius 2 is 1.94 bits per heavy atom. The lowest BCUT2D eigenvalue weighted by molar-refractivity contribution is 0.0516. The molecule has 17 heavy (non-hydrogen) atoms. The first-order valence-electron chi connectivity index (χ1n) is 5.30. The highest BCUT2D eigenvalue weighted by Crippen LogP contribution is 2.08. The van der Waals surface area contributed by atoms with Gasteiger partial charge in [-0.3, -0.25) is 0 Å². The van der Waals surface area contributed by atoms with Crippen molar-refractivity contribution in [3.8, 4) is 6.07 Å². The van der Waals surface area contributed by atoms with E-state index in [9.17, 15) is 4.79 Å². The number of nitrogens with zero attached hydrogens (tertiary/aromatic N) is 2. The summed E-state index contributed by atoms with van der Waals surface area (Å²) in [5.41, 5.74) is 0.937. The van der Waals surface area contributed by atoms with Crippen molar-refractivity contribution >= 4 is 6.09 Å². The summed E-state index contributed by atoms with van der Waals surface area (Å²) in [4.78, 5) is 11.3. The van der Waals surface area contributed by atoms with Crippen molar-refractivity contribution in [3.63, 3.8) is 0 Å². The minimum Gasteiger partial charge on any atom is -0.442 e. The molecule has 1 amide bonds. The molecule has 0 saturated heterocycles. The second-order valence-corrected chi connectivity index (χ2v) is 4.61. The van der Waals surface area contributed by atoms with Crippen molar-refractivity contribution in [1.29, 1.82) is 5.26 Å². The molecule has 0 aliphatic carbocycles. The first-order chi connectivity index (χ1) is 7.90. The fraction of sp³-hybridized carbons (Fsp3) is 0.385. The second-order valence-electron chi connectivity index (χ2n) is 4.61. The molecule has 1 rings (SSSR count). The van der Waals surface area contributed by atoms with Crippen molar-refractivity contribution in [2.24, 2.45) is 0 Å². The number of carbonyl (C=O) groups excluding carboxylic acids is 1. The van der Waals surface area contributed by atoms with Gasteiger partial charge < -0.3 is 4.74 Å². The molecule has 0 saturated carbocycles. The zero-order valence-electron chi connectivity index (χ0n) is 10.2. The molecule has 0 bridgehead atoms. The van der Waals surface area contributed by atoms with Gasteiger partial charge in [-0.05, 0) is 38.5 Å². The van der Waals surface area contributed by atoms with E-state index in [2.05, 4.69) is 5.32 Å². The van der Waals surface area contributed by atoms with Crippen molar-refractivity contribution in [2.75, 3.05) is 0 Å². The first-order valence-corrected chi connectivity index (χ1v) is 5.30. The van der Waals surface area contributed by atoms with Gasteiger partial charge in [0.15, 0.2) is 0 Å². The monoisotopic (exact) mass is 231 g/mol. The number of hydrogen-bond donors (Lipinski definition) is 0. The van der Waals surface area contributed by atoms with Crippen LogP contribution in [0.3, 0.4) is 0 Å². The summed E-state index contributed by atoms with van der Waals surface area (Å²) in [6, 6.07) is 8.96. The van der Waals surface area contributed by atoms with E-state index >= 15 is 0 Å². The van der Waals surface area contributed by atoms with E-state index in [1.54, 1.807) is 45.0 Å². The third-order valence-electron chi connectivity index (χ3n) is 1.87. The molecule has 1 radical (unpaired) electrons. The number of nitriles is 1. The van der Waals surface area contributed by atoms with Crippen molar-refractivity contribution in [2.45, 2.75) is 32.9 Å². The van der Waals surface area contributed by atoms with E-state index in [1.165, 1.54) is 0 Å². The molecule has 0 N–H and O–H groups in total. The van der Waals surface area contributed by atoms with Gasteiger partial charge in [0.05, 0.1) is 18.2 Å². The number of carbonyl (C=O) groups is 1. The Balaban J connectivity index is 2.45. The highest BCUT2D eigenvalue weighted by atomic mass is 16.6. The van der Waals surface area contributed by atoms with Crippen LogP contribution in [0, 0.1) is 11.3 Å². The Hall–Kier alpha value is -2.02. The van der Waals surface area contributed by atoms with Gasteiger partial charge in [0.25, 0.3) is 0 Å². The fourth-order valence-corrected chi connectivity index (χ4v) is 1.13. The van der Waals surface area contributed by atoms with Crippen LogP contribution in [0.25, 0.3) is 0 Å². The van der Waals surface area contributed by atoms with Crippen LogP contribution in [0.1, 0.15) is 31.9 Å². The quantitative estimate of drug-likeness (QED) is 0.785. The average Bonchev–Trinajstić information content (AvgIpc) is 2.25. The Kier molecular flexibility index (Phi) is 4.11. The third-order valence-corrected chi connectivity index (χ3v) is 1.87. The van der Waals surface area contributed by atoms with Crippen LogP contribution in [0.5, 0.6) is 0 Å². The summed E-state index contributed by atoms with van der Waals surface area (Å²) in [6.45, 7) is 5.65. The molecule has 1 aromatic rings. The van der Waals surface area contributed by atoms with Gasteiger partial charge in [0.1, 0.15) is 5.60 Å². The lowest BCUT2D eigenvalue weighted by Gasteiger charge is -2.18. The number of hydrogen-bond acceptors (Lipinski definition) is 3. The average molecular weight is 231 g/mol. The molecule has 89 valence electrons. The summed E-state index contributed by atoms with van der Waals surface area (Å²) >= 11 is 0. The van der Waals surface area contributed by atoms with Crippen LogP contribution in [0.4, 0.5) is 4.79 Å². The summed E-state index contributed by atoms with van der Waals surface area (Å²) in [7, 11) is 0. The van der Waals surface area contributed by atoms with Crippen LogP contribution >= 0.6 is 0 Å². The van der Waals surface area contributed by atoms with E-state index in [4.69, 9.17) is 10.00 Å². The number of ether oxygens (including phenoxy) is 1. The Bertz CT molecular complexity index is 424. The molecule has 0 aromatic heterocycles. The highest BCUT2D eigenvalue weighted by molar-refractivity contribution is 5.67. The van der Waals surface area contributed by atoms with Crippen LogP contribution in [0.2, 0.25) is 0 Å². The normalized spacial score (nSPS) is 10.5. The maximum Gasteiger partial charge on any atom is 0.429 e. The molecular formula is C13H15N2O2. The lowest BCUT2D eigenvalue weighted by Crippen LogP contribution is -2.28. The minimum absolute atomic E-state index is 0.265. The van der Waals surface area contributed by atoms with Crippen LogP contribution in [-0.2, 0) is 11.3 Å². The van der Waals surface area contributed by atoms with Crippen molar-refractivity contribution in [3.05, 3.63) is 35.4 Å². The topological polar surface area (TPSA) is 64.2 Å². The van der Waals surface area contributed by atoms with E-state index in [-0.39, 0.29) is 6.54 Å². The van der Waals surface area contributed by atoms with Crippen LogP contribution in [-0.4, -0.2) is 11.7 Å². The zero-order valence-corrected chi connectivity index (χ0v) is 10.2. The van der Waals surface area contributed by atoms with Gasteiger partial charge in [0, 0.05) is 0 Å². The molecule has 0 aliphatic rings.